The number of hydrogen-bond donors (Lipinski definition) is 2. The molecule has 5 heteroatoms. The van der Waals surface area contributed by atoms with Gasteiger partial charge < -0.3 is 10.8 Å². The topological polar surface area (TPSA) is 46.2 Å². The standard InChI is InChI=1S/C10H12F3NO/c1-6-2-3-7(9(14)5-15)4-8(6)10(11,12)13/h2-4,9,15H,5,14H2,1H3. The van der Waals surface area contributed by atoms with E-state index in [1.54, 1.807) is 0 Å². The highest BCUT2D eigenvalue weighted by atomic mass is 19.4. The molecule has 84 valence electrons. The minimum atomic E-state index is -4.38. The fourth-order valence-electron chi connectivity index (χ4n) is 1.28. The van der Waals surface area contributed by atoms with E-state index in [2.05, 4.69) is 0 Å². The molecule has 0 aliphatic carbocycles. The van der Waals surface area contributed by atoms with E-state index in [-0.39, 0.29) is 17.7 Å². The maximum Gasteiger partial charge on any atom is 0.416 e. The van der Waals surface area contributed by atoms with Crippen molar-refractivity contribution in [2.75, 3.05) is 6.61 Å². The summed E-state index contributed by atoms with van der Waals surface area (Å²) in [5, 5.41) is 8.74. The van der Waals surface area contributed by atoms with Gasteiger partial charge in [-0.05, 0) is 24.1 Å². The second-order valence-electron chi connectivity index (χ2n) is 3.36. The Hall–Kier alpha value is -1.07. The van der Waals surface area contributed by atoms with Crippen LogP contribution in [0.2, 0.25) is 0 Å². The van der Waals surface area contributed by atoms with Crippen molar-refractivity contribution in [1.29, 1.82) is 0 Å². The zero-order chi connectivity index (χ0) is 11.6. The van der Waals surface area contributed by atoms with Crippen LogP contribution in [0.5, 0.6) is 0 Å². The van der Waals surface area contributed by atoms with Gasteiger partial charge in [-0.3, -0.25) is 0 Å². The van der Waals surface area contributed by atoms with Gasteiger partial charge in [0.05, 0.1) is 18.2 Å². The van der Waals surface area contributed by atoms with Gasteiger partial charge in [-0.2, -0.15) is 13.2 Å². The fraction of sp³-hybridized carbons (Fsp3) is 0.400. The first-order valence-corrected chi connectivity index (χ1v) is 4.40. The maximum absolute atomic E-state index is 12.5. The number of benzene rings is 1. The van der Waals surface area contributed by atoms with Crippen molar-refractivity contribution in [3.05, 3.63) is 34.9 Å². The van der Waals surface area contributed by atoms with E-state index in [0.717, 1.165) is 6.07 Å². The lowest BCUT2D eigenvalue weighted by Gasteiger charge is -2.14. The van der Waals surface area contributed by atoms with Crippen molar-refractivity contribution >= 4 is 0 Å². The van der Waals surface area contributed by atoms with Gasteiger partial charge in [0.15, 0.2) is 0 Å². The van der Waals surface area contributed by atoms with Crippen LogP contribution in [0.3, 0.4) is 0 Å². The first kappa shape index (κ1) is 12.0. The molecule has 0 saturated carbocycles. The molecule has 0 bridgehead atoms. The van der Waals surface area contributed by atoms with E-state index in [4.69, 9.17) is 10.8 Å². The summed E-state index contributed by atoms with van der Waals surface area (Å²) in [4.78, 5) is 0. The van der Waals surface area contributed by atoms with Crippen molar-refractivity contribution in [1.82, 2.24) is 0 Å². The minimum absolute atomic E-state index is 0.149. The molecule has 0 heterocycles. The van der Waals surface area contributed by atoms with Crippen molar-refractivity contribution in [2.24, 2.45) is 5.73 Å². The fourth-order valence-corrected chi connectivity index (χ4v) is 1.28. The van der Waals surface area contributed by atoms with Gasteiger partial charge in [0.25, 0.3) is 0 Å². The molecular formula is C10H12F3NO. The zero-order valence-electron chi connectivity index (χ0n) is 8.17. The number of rotatable bonds is 2. The van der Waals surface area contributed by atoms with Crippen LogP contribution in [-0.4, -0.2) is 11.7 Å². The first-order chi connectivity index (χ1) is 6.86. The summed E-state index contributed by atoms with van der Waals surface area (Å²) in [5.74, 6) is 0. The lowest BCUT2D eigenvalue weighted by atomic mass is 10.0. The highest BCUT2D eigenvalue weighted by Gasteiger charge is 2.32. The monoisotopic (exact) mass is 219 g/mol. The Morgan fingerprint density at radius 3 is 2.47 bits per heavy atom. The van der Waals surface area contributed by atoms with Crippen LogP contribution in [-0.2, 0) is 6.18 Å². The van der Waals surface area contributed by atoms with Gasteiger partial charge in [0.2, 0.25) is 0 Å². The summed E-state index contributed by atoms with van der Waals surface area (Å²) < 4.78 is 37.5. The van der Waals surface area contributed by atoms with E-state index in [0.29, 0.717) is 0 Å². The normalized spacial score (nSPS) is 14.0. The second kappa shape index (κ2) is 4.20. The molecule has 1 atom stereocenters. The Morgan fingerprint density at radius 1 is 1.40 bits per heavy atom. The summed E-state index contributed by atoms with van der Waals surface area (Å²) in [6.45, 7) is 1.01. The van der Waals surface area contributed by atoms with E-state index < -0.39 is 17.8 Å². The van der Waals surface area contributed by atoms with Crippen molar-refractivity contribution in [2.45, 2.75) is 19.1 Å². The number of hydrogen-bond acceptors (Lipinski definition) is 2. The molecule has 0 aromatic heterocycles. The number of aryl methyl sites for hydroxylation is 1. The van der Waals surface area contributed by atoms with Gasteiger partial charge in [-0.1, -0.05) is 12.1 Å². The Labute approximate surface area is 85.5 Å². The molecular weight excluding hydrogens is 207 g/mol. The van der Waals surface area contributed by atoms with Crippen molar-refractivity contribution < 1.29 is 18.3 Å². The van der Waals surface area contributed by atoms with Crippen LogP contribution in [0.15, 0.2) is 18.2 Å². The third-order valence-electron chi connectivity index (χ3n) is 2.19. The number of alkyl halides is 3. The number of aliphatic hydroxyl groups excluding tert-OH is 1. The Balaban J connectivity index is 3.17. The zero-order valence-corrected chi connectivity index (χ0v) is 8.17. The second-order valence-corrected chi connectivity index (χ2v) is 3.36. The molecule has 0 spiro atoms. The summed E-state index contributed by atoms with van der Waals surface area (Å²) in [6.07, 6.45) is -4.38. The SMILES string of the molecule is Cc1ccc(C(N)CO)cc1C(F)(F)F. The predicted octanol–water partition coefficient (Wildman–Crippen LogP) is 2.01. The van der Waals surface area contributed by atoms with Crippen LogP contribution in [0, 0.1) is 6.92 Å². The molecule has 1 unspecified atom stereocenters. The van der Waals surface area contributed by atoms with Crippen LogP contribution in [0.4, 0.5) is 13.2 Å². The van der Waals surface area contributed by atoms with E-state index in [1.807, 2.05) is 0 Å². The van der Waals surface area contributed by atoms with Crippen molar-refractivity contribution in [3.8, 4) is 0 Å². The molecule has 3 N–H and O–H groups in total. The molecule has 15 heavy (non-hydrogen) atoms. The molecule has 0 saturated heterocycles. The average molecular weight is 219 g/mol. The lowest BCUT2D eigenvalue weighted by molar-refractivity contribution is -0.138. The van der Waals surface area contributed by atoms with Crippen LogP contribution in [0.25, 0.3) is 0 Å². The molecule has 1 aromatic carbocycles. The molecule has 0 amide bonds. The number of nitrogens with two attached hydrogens (primary N) is 1. The highest BCUT2D eigenvalue weighted by Crippen LogP contribution is 2.33. The Bertz CT molecular complexity index is 349. The Morgan fingerprint density at radius 2 is 2.00 bits per heavy atom. The highest BCUT2D eigenvalue weighted by molar-refractivity contribution is 5.34. The minimum Gasteiger partial charge on any atom is -0.394 e. The maximum atomic E-state index is 12.5. The molecule has 0 fully saturated rings. The molecule has 0 aliphatic rings. The molecule has 0 radical (unpaired) electrons. The van der Waals surface area contributed by atoms with E-state index >= 15 is 0 Å². The number of halogens is 3. The van der Waals surface area contributed by atoms with Gasteiger partial charge in [-0.25, -0.2) is 0 Å². The van der Waals surface area contributed by atoms with Crippen LogP contribution in [0.1, 0.15) is 22.7 Å². The van der Waals surface area contributed by atoms with E-state index in [1.165, 1.54) is 19.1 Å². The first-order valence-electron chi connectivity index (χ1n) is 4.40. The lowest BCUT2D eigenvalue weighted by Crippen LogP contribution is -2.16. The summed E-state index contributed by atoms with van der Waals surface area (Å²) in [5.41, 5.74) is 5.17. The summed E-state index contributed by atoms with van der Waals surface area (Å²) in [6, 6.07) is 3.06. The van der Waals surface area contributed by atoms with E-state index in [9.17, 15) is 13.2 Å². The molecule has 1 rings (SSSR count). The Kier molecular flexibility index (Phi) is 3.36. The number of aliphatic hydroxyl groups is 1. The van der Waals surface area contributed by atoms with Gasteiger partial charge in [0, 0.05) is 0 Å². The molecule has 1 aromatic rings. The van der Waals surface area contributed by atoms with Crippen LogP contribution >= 0.6 is 0 Å². The molecule has 2 nitrogen and oxygen atoms in total. The average Bonchev–Trinajstić information content (AvgIpc) is 2.15. The summed E-state index contributed by atoms with van der Waals surface area (Å²) in [7, 11) is 0. The quantitative estimate of drug-likeness (QED) is 0.799. The third kappa shape index (κ3) is 2.70. The largest absolute Gasteiger partial charge is 0.416 e. The predicted molar refractivity (Wildman–Crippen MR) is 50.2 cm³/mol. The van der Waals surface area contributed by atoms with Crippen molar-refractivity contribution in [3.63, 3.8) is 0 Å². The van der Waals surface area contributed by atoms with Gasteiger partial charge in [-0.15, -0.1) is 0 Å². The third-order valence-corrected chi connectivity index (χ3v) is 2.19. The van der Waals surface area contributed by atoms with Gasteiger partial charge in [0.1, 0.15) is 0 Å². The van der Waals surface area contributed by atoms with Gasteiger partial charge >= 0.3 is 6.18 Å². The van der Waals surface area contributed by atoms with Crippen LogP contribution < -0.4 is 5.73 Å². The molecule has 0 aliphatic heterocycles. The summed E-state index contributed by atoms with van der Waals surface area (Å²) >= 11 is 0. The smallest absolute Gasteiger partial charge is 0.394 e.